The average molecular weight is 528 g/mol. The molecule has 1 aliphatic heterocycles. The topological polar surface area (TPSA) is 19.4 Å². The lowest BCUT2D eigenvalue weighted by Crippen LogP contribution is -2.25. The quantitative estimate of drug-likeness (QED) is 0.228. The van der Waals surface area contributed by atoms with Crippen molar-refractivity contribution in [2.45, 2.75) is 19.3 Å². The molecule has 0 radical (unpaired) electrons. The number of hydrogen-bond donors (Lipinski definition) is 0. The van der Waals surface area contributed by atoms with Crippen LogP contribution < -0.4 is 9.80 Å². The van der Waals surface area contributed by atoms with Crippen molar-refractivity contribution in [2.24, 2.45) is 0 Å². The number of anilines is 6. The maximum Gasteiger partial charge on any atom is 0.0785 e. The molecular formula is C38H29N3. The molecular weight excluding hydrogens is 498 g/mol. The molecule has 0 N–H and O–H groups in total. The molecule has 0 amide bonds. The fourth-order valence-electron chi connectivity index (χ4n) is 6.71. The van der Waals surface area contributed by atoms with Gasteiger partial charge in [-0.2, -0.15) is 0 Å². The van der Waals surface area contributed by atoms with Gasteiger partial charge in [0.25, 0.3) is 0 Å². The van der Waals surface area contributed by atoms with Gasteiger partial charge >= 0.3 is 0 Å². The van der Waals surface area contributed by atoms with Crippen LogP contribution in [0.4, 0.5) is 34.1 Å². The predicted molar refractivity (Wildman–Crippen MR) is 170 cm³/mol. The summed E-state index contributed by atoms with van der Waals surface area (Å²) in [5.41, 5.74) is 14.2. The molecule has 2 aliphatic rings. The van der Waals surface area contributed by atoms with E-state index in [4.69, 9.17) is 4.98 Å². The van der Waals surface area contributed by atoms with Gasteiger partial charge in [0.2, 0.25) is 0 Å². The van der Waals surface area contributed by atoms with Gasteiger partial charge in [-0.1, -0.05) is 92.7 Å². The van der Waals surface area contributed by atoms with E-state index in [9.17, 15) is 0 Å². The largest absolute Gasteiger partial charge is 0.306 e. The lowest BCUT2D eigenvalue weighted by molar-refractivity contribution is 0.660. The first-order valence-electron chi connectivity index (χ1n) is 14.2. The van der Waals surface area contributed by atoms with E-state index in [0.717, 1.165) is 34.0 Å². The van der Waals surface area contributed by atoms with Gasteiger partial charge in [-0.25, -0.2) is 0 Å². The summed E-state index contributed by atoms with van der Waals surface area (Å²) >= 11 is 0. The minimum atomic E-state index is -0.100. The summed E-state index contributed by atoms with van der Waals surface area (Å²) in [5.74, 6) is 0. The molecule has 41 heavy (non-hydrogen) atoms. The third-order valence-electron chi connectivity index (χ3n) is 8.61. The second-order valence-corrected chi connectivity index (χ2v) is 11.3. The molecule has 0 unspecified atom stereocenters. The number of hydrogen-bond acceptors (Lipinski definition) is 3. The summed E-state index contributed by atoms with van der Waals surface area (Å²) in [5, 5.41) is 0. The Hall–Kier alpha value is -5.15. The average Bonchev–Trinajstić information content (AvgIpc) is 3.27. The number of fused-ring (bicyclic) bond motifs is 6. The van der Waals surface area contributed by atoms with Crippen LogP contribution in [-0.2, 0) is 5.41 Å². The van der Waals surface area contributed by atoms with Gasteiger partial charge in [-0.15, -0.1) is 0 Å². The molecule has 0 atom stereocenters. The van der Waals surface area contributed by atoms with E-state index in [2.05, 4.69) is 145 Å². The number of pyridine rings is 1. The molecule has 2 heterocycles. The van der Waals surface area contributed by atoms with E-state index in [-0.39, 0.29) is 5.41 Å². The molecule has 0 saturated heterocycles. The maximum atomic E-state index is 4.69. The molecule has 0 bridgehead atoms. The van der Waals surface area contributed by atoms with Crippen molar-refractivity contribution in [3.05, 3.63) is 151 Å². The first-order valence-corrected chi connectivity index (χ1v) is 14.2. The maximum absolute atomic E-state index is 4.69. The highest BCUT2D eigenvalue weighted by Crippen LogP contribution is 2.62. The zero-order valence-electron chi connectivity index (χ0n) is 23.1. The number of aromatic nitrogens is 1. The lowest BCUT2D eigenvalue weighted by Gasteiger charge is -2.42. The monoisotopic (exact) mass is 527 g/mol. The van der Waals surface area contributed by atoms with E-state index in [1.165, 1.54) is 33.6 Å². The Bertz CT molecular complexity index is 1910. The third-order valence-corrected chi connectivity index (χ3v) is 8.61. The van der Waals surface area contributed by atoms with Crippen molar-refractivity contribution >= 4 is 34.1 Å². The Kier molecular flexibility index (Phi) is 5.17. The molecule has 3 nitrogen and oxygen atoms in total. The molecule has 0 saturated carbocycles. The molecule has 3 heteroatoms. The van der Waals surface area contributed by atoms with Crippen LogP contribution >= 0.6 is 0 Å². The first-order chi connectivity index (χ1) is 20.1. The molecule has 1 aliphatic carbocycles. The van der Waals surface area contributed by atoms with Gasteiger partial charge in [0.1, 0.15) is 0 Å². The van der Waals surface area contributed by atoms with Crippen molar-refractivity contribution < 1.29 is 0 Å². The van der Waals surface area contributed by atoms with Crippen molar-refractivity contribution in [1.82, 2.24) is 4.98 Å². The standard InChI is InChI=1S/C38H29N3/c1-38(2)30-18-10-9-17-29(30)36-31(38)21-23-34-37(36)41(28-15-7-4-8-16-28)35-25-26(32-19-11-12-24-39-32)20-22-33(35)40(34)27-13-5-3-6-14-27/h3-25H,1-2H3. The fourth-order valence-corrected chi connectivity index (χ4v) is 6.71. The molecule has 1 aromatic heterocycles. The Morgan fingerprint density at radius 3 is 1.93 bits per heavy atom. The molecule has 0 fully saturated rings. The summed E-state index contributed by atoms with van der Waals surface area (Å²) < 4.78 is 0. The fraction of sp³-hybridized carbons (Fsp3) is 0.0789. The van der Waals surface area contributed by atoms with Crippen LogP contribution in [0.25, 0.3) is 22.4 Å². The summed E-state index contributed by atoms with van der Waals surface area (Å²) in [4.78, 5) is 9.57. The zero-order valence-corrected chi connectivity index (χ0v) is 23.1. The van der Waals surface area contributed by atoms with E-state index >= 15 is 0 Å². The van der Waals surface area contributed by atoms with Gasteiger partial charge in [0.15, 0.2) is 0 Å². The Balaban J connectivity index is 1.50. The van der Waals surface area contributed by atoms with E-state index in [1.807, 2.05) is 18.3 Å². The van der Waals surface area contributed by atoms with Crippen LogP contribution in [-0.4, -0.2) is 4.98 Å². The Labute approximate surface area is 241 Å². The second-order valence-electron chi connectivity index (χ2n) is 11.3. The predicted octanol–water partition coefficient (Wildman–Crippen LogP) is 10.3. The number of nitrogens with zero attached hydrogens (tertiary/aromatic N) is 3. The number of rotatable bonds is 3. The zero-order chi connectivity index (χ0) is 27.6. The number of para-hydroxylation sites is 2. The van der Waals surface area contributed by atoms with Crippen molar-refractivity contribution in [1.29, 1.82) is 0 Å². The SMILES string of the molecule is CC1(C)c2ccccc2-c2c1ccc1c2N(c2ccccc2)c2cc(-c3ccccn3)ccc2N1c1ccccc1. The van der Waals surface area contributed by atoms with Crippen LogP contribution in [0.5, 0.6) is 0 Å². The van der Waals surface area contributed by atoms with Crippen LogP contribution in [0.2, 0.25) is 0 Å². The van der Waals surface area contributed by atoms with Crippen LogP contribution in [0, 0.1) is 0 Å². The first kappa shape index (κ1) is 23.7. The molecule has 0 spiro atoms. The highest BCUT2D eigenvalue weighted by molar-refractivity contribution is 6.09. The number of benzene rings is 5. The molecule has 8 rings (SSSR count). The van der Waals surface area contributed by atoms with Crippen LogP contribution in [0.1, 0.15) is 25.0 Å². The summed E-state index contributed by atoms with van der Waals surface area (Å²) in [7, 11) is 0. The lowest BCUT2D eigenvalue weighted by atomic mass is 9.82. The highest BCUT2D eigenvalue weighted by Gasteiger charge is 2.41. The summed E-state index contributed by atoms with van der Waals surface area (Å²) in [6.45, 7) is 4.70. The Morgan fingerprint density at radius 2 is 1.20 bits per heavy atom. The summed E-state index contributed by atoms with van der Waals surface area (Å²) in [6, 6.07) is 47.9. The normalized spacial score (nSPS) is 14.2. The van der Waals surface area contributed by atoms with Crippen LogP contribution in [0.15, 0.2) is 140 Å². The van der Waals surface area contributed by atoms with Gasteiger partial charge in [0, 0.05) is 34.1 Å². The minimum absolute atomic E-state index is 0.100. The van der Waals surface area contributed by atoms with Gasteiger partial charge in [-0.05, 0) is 71.3 Å². The van der Waals surface area contributed by atoms with Crippen molar-refractivity contribution in [2.75, 3.05) is 9.80 Å². The van der Waals surface area contributed by atoms with Gasteiger partial charge < -0.3 is 9.80 Å². The third kappa shape index (κ3) is 3.49. The molecule has 5 aromatic carbocycles. The minimum Gasteiger partial charge on any atom is -0.306 e. The molecule has 6 aromatic rings. The van der Waals surface area contributed by atoms with Gasteiger partial charge in [0.05, 0.1) is 28.4 Å². The van der Waals surface area contributed by atoms with Crippen molar-refractivity contribution in [3.63, 3.8) is 0 Å². The second kappa shape index (κ2) is 8.94. The van der Waals surface area contributed by atoms with E-state index in [1.54, 1.807) is 0 Å². The van der Waals surface area contributed by atoms with E-state index < -0.39 is 0 Å². The highest BCUT2D eigenvalue weighted by atomic mass is 15.3. The summed E-state index contributed by atoms with van der Waals surface area (Å²) in [6.07, 6.45) is 1.86. The smallest absolute Gasteiger partial charge is 0.0785 e. The Morgan fingerprint density at radius 1 is 0.537 bits per heavy atom. The van der Waals surface area contributed by atoms with Crippen LogP contribution in [0.3, 0.4) is 0 Å². The van der Waals surface area contributed by atoms with E-state index in [0.29, 0.717) is 0 Å². The van der Waals surface area contributed by atoms with Gasteiger partial charge in [-0.3, -0.25) is 4.98 Å². The van der Waals surface area contributed by atoms with Crippen molar-refractivity contribution in [3.8, 4) is 22.4 Å². The molecule has 196 valence electrons.